The van der Waals surface area contributed by atoms with Gasteiger partial charge in [0, 0.05) is 30.2 Å². The van der Waals surface area contributed by atoms with Gasteiger partial charge in [0.2, 0.25) is 15.9 Å². The topological polar surface area (TPSA) is 126 Å². The Morgan fingerprint density at radius 3 is 2.51 bits per heavy atom. The van der Waals surface area contributed by atoms with Gasteiger partial charge in [-0.25, -0.2) is 22.9 Å². The maximum Gasteiger partial charge on any atom is 0.407 e. The molecule has 0 bridgehead atoms. The quantitative estimate of drug-likeness (QED) is 0.273. The number of thiazole rings is 1. The summed E-state index contributed by atoms with van der Waals surface area (Å²) in [5, 5.41) is 7.69. The number of amides is 2. The number of hydrogen-bond donors (Lipinski definition) is 3. The molecule has 1 heterocycles. The summed E-state index contributed by atoms with van der Waals surface area (Å²) < 4.78 is 34.7. The van der Waals surface area contributed by atoms with Crippen molar-refractivity contribution in [3.8, 4) is 0 Å². The standard InChI is InChI=1S/C28H36N4O5S2/c1-5-8-20-9-6-10-21(17-20)18-24(26-29-15-16-38-26)32-39(35,36)23-12-7-11-22(19-23)31-25(33)13-14-30-27(34)37-28(2,3)4/h6-7,9-12,15-17,19,24,32H,5,8,13-14,18H2,1-4H3,(H,30,34)(H,31,33). The molecular formula is C28H36N4O5S2. The third-order valence-corrected chi connectivity index (χ3v) is 7.82. The van der Waals surface area contributed by atoms with Crippen LogP contribution in [-0.2, 0) is 32.4 Å². The van der Waals surface area contributed by atoms with E-state index in [0.717, 1.165) is 18.4 Å². The Hall–Kier alpha value is -3.28. The minimum atomic E-state index is -3.94. The largest absolute Gasteiger partial charge is 0.444 e. The number of nitrogens with one attached hydrogen (secondary N) is 3. The lowest BCUT2D eigenvalue weighted by atomic mass is 10.0. The number of nitrogens with zero attached hydrogens (tertiary/aromatic N) is 1. The van der Waals surface area contributed by atoms with Crippen molar-refractivity contribution in [3.05, 3.63) is 76.2 Å². The summed E-state index contributed by atoms with van der Waals surface area (Å²) in [6, 6.07) is 13.7. The fraction of sp³-hybridized carbons (Fsp3) is 0.393. The van der Waals surface area contributed by atoms with Crippen LogP contribution in [0.3, 0.4) is 0 Å². The van der Waals surface area contributed by atoms with E-state index in [9.17, 15) is 18.0 Å². The first-order valence-corrected chi connectivity index (χ1v) is 15.2. The van der Waals surface area contributed by atoms with E-state index >= 15 is 0 Å². The highest BCUT2D eigenvalue weighted by Gasteiger charge is 2.24. The molecule has 0 spiro atoms. The molecule has 210 valence electrons. The lowest BCUT2D eigenvalue weighted by molar-refractivity contribution is -0.116. The minimum Gasteiger partial charge on any atom is -0.444 e. The molecule has 0 aliphatic rings. The number of aryl methyl sites for hydroxylation is 1. The number of alkyl carbamates (subject to hydrolysis) is 1. The van der Waals surface area contributed by atoms with Crippen molar-refractivity contribution in [2.45, 2.75) is 69.9 Å². The van der Waals surface area contributed by atoms with Crippen molar-refractivity contribution < 1.29 is 22.7 Å². The van der Waals surface area contributed by atoms with Gasteiger partial charge in [0.05, 0.1) is 10.9 Å². The zero-order valence-corrected chi connectivity index (χ0v) is 24.3. The molecule has 1 aromatic heterocycles. The molecule has 1 atom stereocenters. The summed E-state index contributed by atoms with van der Waals surface area (Å²) in [6.07, 6.45) is 3.48. The van der Waals surface area contributed by atoms with Gasteiger partial charge in [0.1, 0.15) is 10.6 Å². The highest BCUT2D eigenvalue weighted by Crippen LogP contribution is 2.25. The highest BCUT2D eigenvalue weighted by molar-refractivity contribution is 7.89. The van der Waals surface area contributed by atoms with Crippen LogP contribution in [0, 0.1) is 0 Å². The number of hydrogen-bond acceptors (Lipinski definition) is 7. The zero-order chi connectivity index (χ0) is 28.5. The SMILES string of the molecule is CCCc1cccc(CC(NS(=O)(=O)c2cccc(NC(=O)CCNC(=O)OC(C)(C)C)c2)c2nccs2)c1. The third kappa shape index (κ3) is 10.1. The molecule has 0 saturated carbocycles. The van der Waals surface area contributed by atoms with Gasteiger partial charge in [-0.3, -0.25) is 4.79 Å². The van der Waals surface area contributed by atoms with E-state index in [1.807, 2.05) is 17.5 Å². The highest BCUT2D eigenvalue weighted by atomic mass is 32.2. The van der Waals surface area contributed by atoms with Crippen LogP contribution in [0.25, 0.3) is 0 Å². The summed E-state index contributed by atoms with van der Waals surface area (Å²) in [7, 11) is -3.94. The maximum absolute atomic E-state index is 13.4. The van der Waals surface area contributed by atoms with Gasteiger partial charge < -0.3 is 15.4 Å². The molecule has 39 heavy (non-hydrogen) atoms. The van der Waals surface area contributed by atoms with Crippen molar-refractivity contribution in [2.24, 2.45) is 0 Å². The first-order valence-electron chi connectivity index (χ1n) is 12.8. The Kier molecular flexibility index (Phi) is 10.6. The molecule has 3 N–H and O–H groups in total. The number of aromatic nitrogens is 1. The van der Waals surface area contributed by atoms with E-state index in [0.29, 0.717) is 17.1 Å². The van der Waals surface area contributed by atoms with Crippen LogP contribution in [0.2, 0.25) is 0 Å². The number of anilines is 1. The van der Waals surface area contributed by atoms with Crippen LogP contribution in [-0.4, -0.2) is 37.5 Å². The van der Waals surface area contributed by atoms with Gasteiger partial charge in [-0.05, 0) is 62.9 Å². The van der Waals surface area contributed by atoms with Gasteiger partial charge >= 0.3 is 6.09 Å². The number of carbonyl (C=O) groups excluding carboxylic acids is 2. The molecule has 2 aromatic carbocycles. The number of benzene rings is 2. The lowest BCUT2D eigenvalue weighted by Gasteiger charge is -2.19. The average Bonchev–Trinajstić information content (AvgIpc) is 3.38. The Morgan fingerprint density at radius 1 is 1.08 bits per heavy atom. The molecular weight excluding hydrogens is 536 g/mol. The van der Waals surface area contributed by atoms with E-state index in [1.54, 1.807) is 39.1 Å². The second-order valence-corrected chi connectivity index (χ2v) is 12.7. The van der Waals surface area contributed by atoms with Gasteiger partial charge in [-0.15, -0.1) is 11.3 Å². The molecule has 9 nitrogen and oxygen atoms in total. The van der Waals surface area contributed by atoms with Crippen LogP contribution in [0.5, 0.6) is 0 Å². The number of sulfonamides is 1. The normalized spacial score (nSPS) is 12.5. The van der Waals surface area contributed by atoms with Crippen molar-refractivity contribution in [2.75, 3.05) is 11.9 Å². The fourth-order valence-electron chi connectivity index (χ4n) is 3.83. The Labute approximate surface area is 234 Å². The smallest absolute Gasteiger partial charge is 0.407 e. The van der Waals surface area contributed by atoms with Gasteiger partial charge in [0.15, 0.2) is 0 Å². The summed E-state index contributed by atoms with van der Waals surface area (Å²) >= 11 is 1.39. The molecule has 2 amide bonds. The summed E-state index contributed by atoms with van der Waals surface area (Å²) in [5.74, 6) is -0.374. The van der Waals surface area contributed by atoms with Crippen LogP contribution in [0.1, 0.15) is 62.7 Å². The Bertz CT molecular complexity index is 1350. The van der Waals surface area contributed by atoms with E-state index in [1.165, 1.54) is 29.0 Å². The van der Waals surface area contributed by atoms with Gasteiger partial charge in [-0.2, -0.15) is 0 Å². The lowest BCUT2D eigenvalue weighted by Crippen LogP contribution is -2.34. The molecule has 0 saturated heterocycles. The summed E-state index contributed by atoms with van der Waals surface area (Å²) in [6.45, 7) is 7.45. The van der Waals surface area contributed by atoms with E-state index < -0.39 is 27.8 Å². The van der Waals surface area contributed by atoms with Crippen molar-refractivity contribution in [1.29, 1.82) is 0 Å². The molecule has 0 aliphatic carbocycles. The van der Waals surface area contributed by atoms with Crippen molar-refractivity contribution in [3.63, 3.8) is 0 Å². The predicted octanol–water partition coefficient (Wildman–Crippen LogP) is 5.21. The van der Waals surface area contributed by atoms with Gasteiger partial charge in [0.25, 0.3) is 0 Å². The zero-order valence-electron chi connectivity index (χ0n) is 22.7. The van der Waals surface area contributed by atoms with Crippen LogP contribution in [0.4, 0.5) is 10.5 Å². The van der Waals surface area contributed by atoms with Crippen LogP contribution >= 0.6 is 11.3 Å². The number of carbonyl (C=O) groups is 2. The first-order chi connectivity index (χ1) is 18.4. The monoisotopic (exact) mass is 572 g/mol. The molecule has 11 heteroatoms. The molecule has 0 radical (unpaired) electrons. The van der Waals surface area contributed by atoms with E-state index in [2.05, 4.69) is 39.4 Å². The molecule has 3 aromatic rings. The number of ether oxygens (including phenoxy) is 1. The molecule has 0 fully saturated rings. The average molecular weight is 573 g/mol. The third-order valence-electron chi connectivity index (χ3n) is 5.47. The van der Waals surface area contributed by atoms with Gasteiger partial charge in [-0.1, -0.05) is 43.7 Å². The predicted molar refractivity (Wildman–Crippen MR) is 153 cm³/mol. The maximum atomic E-state index is 13.4. The summed E-state index contributed by atoms with van der Waals surface area (Å²) in [4.78, 5) is 28.5. The number of rotatable bonds is 12. The molecule has 3 rings (SSSR count). The minimum absolute atomic E-state index is 0.00229. The Morgan fingerprint density at radius 2 is 1.82 bits per heavy atom. The Balaban J connectivity index is 1.67. The van der Waals surface area contributed by atoms with Crippen LogP contribution < -0.4 is 15.4 Å². The first kappa shape index (κ1) is 30.3. The second kappa shape index (κ2) is 13.7. The second-order valence-electron chi connectivity index (χ2n) is 10.1. The van der Waals surface area contributed by atoms with Crippen LogP contribution in [0.15, 0.2) is 65.0 Å². The molecule has 1 unspecified atom stereocenters. The van der Waals surface area contributed by atoms with Crippen molar-refractivity contribution in [1.82, 2.24) is 15.0 Å². The van der Waals surface area contributed by atoms with Crippen molar-refractivity contribution >= 4 is 39.0 Å². The fourth-order valence-corrected chi connectivity index (χ4v) is 5.84. The van der Waals surface area contributed by atoms with E-state index in [4.69, 9.17) is 4.74 Å². The van der Waals surface area contributed by atoms with E-state index in [-0.39, 0.29) is 23.8 Å². The molecule has 0 aliphatic heterocycles. The summed E-state index contributed by atoms with van der Waals surface area (Å²) in [5.41, 5.74) is 1.92.